The maximum absolute atomic E-state index is 11.6. The molecule has 27 heavy (non-hydrogen) atoms. The van der Waals surface area contributed by atoms with Crippen LogP contribution in [0.25, 0.3) is 10.9 Å². The predicted octanol–water partition coefficient (Wildman–Crippen LogP) is 4.88. The molecule has 5 heteroatoms. The van der Waals surface area contributed by atoms with Crippen LogP contribution < -0.4 is 0 Å². The van der Waals surface area contributed by atoms with Gasteiger partial charge in [0.25, 0.3) is 0 Å². The van der Waals surface area contributed by atoms with Crippen LogP contribution in [-0.4, -0.2) is 34.0 Å². The number of hydrogen-bond acceptors (Lipinski definition) is 3. The molecule has 0 aliphatic carbocycles. The van der Waals surface area contributed by atoms with Gasteiger partial charge in [0.2, 0.25) is 0 Å². The first kappa shape index (κ1) is 18.1. The molecule has 1 aromatic heterocycles. The number of pyridine rings is 1. The van der Waals surface area contributed by atoms with Gasteiger partial charge in [0.15, 0.2) is 0 Å². The summed E-state index contributed by atoms with van der Waals surface area (Å²) in [5, 5.41) is 10.7. The smallest absolute Gasteiger partial charge is 0.307 e. The molecule has 0 saturated carbocycles. The number of benzene rings is 2. The Hall–Kier alpha value is -2.24. The van der Waals surface area contributed by atoms with Crippen molar-refractivity contribution in [3.05, 3.63) is 76.4 Å². The molecule has 4 rings (SSSR count). The summed E-state index contributed by atoms with van der Waals surface area (Å²) >= 11 is 3.71. The number of carboxylic acids is 1. The first-order chi connectivity index (χ1) is 13.1. The Morgan fingerprint density at radius 3 is 2.70 bits per heavy atom. The van der Waals surface area contributed by atoms with Crippen LogP contribution in [-0.2, 0) is 4.79 Å². The lowest BCUT2D eigenvalue weighted by Crippen LogP contribution is -2.41. The van der Waals surface area contributed by atoms with Gasteiger partial charge in [-0.3, -0.25) is 14.7 Å². The van der Waals surface area contributed by atoms with Crippen molar-refractivity contribution in [2.45, 2.75) is 18.9 Å². The Bertz CT molecular complexity index is 970. The molecule has 1 N–H and O–H groups in total. The fourth-order valence-electron chi connectivity index (χ4n) is 4.06. The normalized spacial score (nSPS) is 19.1. The Labute approximate surface area is 167 Å². The number of carbonyl (C=O) groups is 1. The van der Waals surface area contributed by atoms with Gasteiger partial charge in [0, 0.05) is 22.6 Å². The van der Waals surface area contributed by atoms with E-state index < -0.39 is 5.97 Å². The van der Waals surface area contributed by atoms with E-state index in [1.165, 1.54) is 5.56 Å². The maximum Gasteiger partial charge on any atom is 0.307 e. The Morgan fingerprint density at radius 1 is 1.11 bits per heavy atom. The number of halogens is 1. The van der Waals surface area contributed by atoms with Gasteiger partial charge in [0.1, 0.15) is 0 Å². The molecule has 0 spiro atoms. The summed E-state index contributed by atoms with van der Waals surface area (Å²) in [6.45, 7) is 1.43. The van der Waals surface area contributed by atoms with Crippen LogP contribution in [0.4, 0.5) is 0 Å². The summed E-state index contributed by atoms with van der Waals surface area (Å²) in [5.74, 6) is -1.03. The van der Waals surface area contributed by atoms with E-state index in [1.54, 1.807) is 0 Å². The highest BCUT2D eigenvalue weighted by Gasteiger charge is 2.32. The van der Waals surface area contributed by atoms with Crippen molar-refractivity contribution in [3.63, 3.8) is 0 Å². The van der Waals surface area contributed by atoms with Crippen LogP contribution in [0.15, 0.2) is 65.3 Å². The van der Waals surface area contributed by atoms with Crippen LogP contribution in [0, 0.1) is 5.92 Å². The number of fused-ring (bicyclic) bond motifs is 1. The van der Waals surface area contributed by atoms with E-state index in [-0.39, 0.29) is 12.0 Å². The van der Waals surface area contributed by atoms with E-state index in [0.717, 1.165) is 40.3 Å². The third kappa shape index (κ3) is 3.62. The lowest BCUT2D eigenvalue weighted by atomic mass is 9.90. The number of aromatic nitrogens is 1. The SMILES string of the molecule is O=C(O)C1CCCN(C(c2ccccc2Br)c2ccnc3ccccc23)C1. The Kier molecular flexibility index (Phi) is 5.23. The van der Waals surface area contributed by atoms with Crippen LogP contribution >= 0.6 is 15.9 Å². The van der Waals surface area contributed by atoms with Crippen molar-refractivity contribution < 1.29 is 9.90 Å². The van der Waals surface area contributed by atoms with Crippen LogP contribution in [0.1, 0.15) is 30.0 Å². The summed E-state index contributed by atoms with van der Waals surface area (Å²) in [5.41, 5.74) is 3.28. The summed E-state index contributed by atoms with van der Waals surface area (Å²) in [6.07, 6.45) is 3.48. The number of carboxylic acid groups (broad SMARTS) is 1. The molecule has 0 bridgehead atoms. The highest BCUT2D eigenvalue weighted by molar-refractivity contribution is 9.10. The van der Waals surface area contributed by atoms with Crippen LogP contribution in [0.2, 0.25) is 0 Å². The lowest BCUT2D eigenvalue weighted by molar-refractivity contribution is -0.143. The van der Waals surface area contributed by atoms with E-state index in [0.29, 0.717) is 6.54 Å². The zero-order valence-electron chi connectivity index (χ0n) is 14.9. The minimum atomic E-state index is -0.704. The zero-order valence-corrected chi connectivity index (χ0v) is 16.5. The van der Waals surface area contributed by atoms with E-state index in [2.05, 4.69) is 44.0 Å². The van der Waals surface area contributed by atoms with Gasteiger partial charge < -0.3 is 5.11 Å². The number of likely N-dealkylation sites (tertiary alicyclic amines) is 1. The van der Waals surface area contributed by atoms with Gasteiger partial charge in [0.05, 0.1) is 17.5 Å². The minimum absolute atomic E-state index is 0.0179. The first-order valence-electron chi connectivity index (χ1n) is 9.20. The molecule has 2 heterocycles. The van der Waals surface area contributed by atoms with Crippen molar-refractivity contribution in [1.82, 2.24) is 9.88 Å². The topological polar surface area (TPSA) is 53.4 Å². The largest absolute Gasteiger partial charge is 0.481 e. The third-order valence-electron chi connectivity index (χ3n) is 5.34. The first-order valence-corrected chi connectivity index (χ1v) is 9.99. The molecule has 2 unspecified atom stereocenters. The average Bonchev–Trinajstić information content (AvgIpc) is 2.70. The molecule has 1 aliphatic rings. The predicted molar refractivity (Wildman–Crippen MR) is 110 cm³/mol. The van der Waals surface area contributed by atoms with Crippen molar-refractivity contribution in [3.8, 4) is 0 Å². The fourth-order valence-corrected chi connectivity index (χ4v) is 4.56. The highest BCUT2D eigenvalue weighted by Crippen LogP contribution is 2.38. The molecule has 0 amide bonds. The molecule has 1 aliphatic heterocycles. The van der Waals surface area contributed by atoms with Crippen LogP contribution in [0.5, 0.6) is 0 Å². The second-order valence-corrected chi connectivity index (χ2v) is 7.87. The quantitative estimate of drug-likeness (QED) is 0.647. The van der Waals surface area contributed by atoms with Gasteiger partial charge in [-0.05, 0) is 48.7 Å². The molecule has 4 nitrogen and oxygen atoms in total. The van der Waals surface area contributed by atoms with Crippen molar-refractivity contribution in [1.29, 1.82) is 0 Å². The fraction of sp³-hybridized carbons (Fsp3) is 0.273. The van der Waals surface area contributed by atoms with Gasteiger partial charge in [-0.25, -0.2) is 0 Å². The Morgan fingerprint density at radius 2 is 1.89 bits per heavy atom. The number of hydrogen-bond donors (Lipinski definition) is 1. The van der Waals surface area contributed by atoms with E-state index in [4.69, 9.17) is 0 Å². The molecule has 2 atom stereocenters. The molecule has 2 aromatic carbocycles. The van der Waals surface area contributed by atoms with Gasteiger partial charge >= 0.3 is 5.97 Å². The summed E-state index contributed by atoms with van der Waals surface area (Å²) in [4.78, 5) is 18.4. The van der Waals surface area contributed by atoms with Crippen molar-refractivity contribution in [2.24, 2.45) is 5.92 Å². The molecule has 3 aromatic rings. The van der Waals surface area contributed by atoms with Crippen molar-refractivity contribution >= 4 is 32.8 Å². The van der Waals surface area contributed by atoms with E-state index in [9.17, 15) is 9.90 Å². The van der Waals surface area contributed by atoms with E-state index >= 15 is 0 Å². The summed E-state index contributed by atoms with van der Waals surface area (Å²) < 4.78 is 1.04. The zero-order chi connectivity index (χ0) is 18.8. The standard InChI is InChI=1S/C22H21BrN2O2/c23-19-9-3-1-8-18(19)21(25-13-5-6-15(14-25)22(26)27)17-11-12-24-20-10-4-2-7-16(17)20/h1-4,7-12,15,21H,5-6,13-14H2,(H,26,27). The second-order valence-electron chi connectivity index (χ2n) is 7.01. The van der Waals surface area contributed by atoms with Gasteiger partial charge in [-0.15, -0.1) is 0 Å². The molecular weight excluding hydrogens is 404 g/mol. The third-order valence-corrected chi connectivity index (χ3v) is 6.07. The van der Waals surface area contributed by atoms with E-state index in [1.807, 2.05) is 42.6 Å². The maximum atomic E-state index is 11.6. The number of para-hydroxylation sites is 1. The molecular formula is C22H21BrN2O2. The summed E-state index contributed by atoms with van der Waals surface area (Å²) in [6, 6.07) is 18.4. The van der Waals surface area contributed by atoms with Crippen LogP contribution in [0.3, 0.4) is 0 Å². The minimum Gasteiger partial charge on any atom is -0.481 e. The monoisotopic (exact) mass is 424 g/mol. The number of rotatable bonds is 4. The Balaban J connectivity index is 1.86. The molecule has 0 radical (unpaired) electrons. The molecule has 1 saturated heterocycles. The molecule has 138 valence electrons. The number of piperidine rings is 1. The number of nitrogens with zero attached hydrogens (tertiary/aromatic N) is 2. The van der Waals surface area contributed by atoms with Crippen molar-refractivity contribution in [2.75, 3.05) is 13.1 Å². The summed E-state index contributed by atoms with van der Waals surface area (Å²) in [7, 11) is 0. The highest BCUT2D eigenvalue weighted by atomic mass is 79.9. The number of aliphatic carboxylic acids is 1. The molecule has 1 fully saturated rings. The second kappa shape index (κ2) is 7.79. The van der Waals surface area contributed by atoms with Gasteiger partial charge in [-0.1, -0.05) is 52.3 Å². The van der Waals surface area contributed by atoms with Gasteiger partial charge in [-0.2, -0.15) is 0 Å². The lowest BCUT2D eigenvalue weighted by Gasteiger charge is -2.38. The average molecular weight is 425 g/mol.